The van der Waals surface area contributed by atoms with E-state index < -0.39 is 40.5 Å². The van der Waals surface area contributed by atoms with Gasteiger partial charge in [0.05, 0.1) is 11.1 Å². The molecule has 1 aliphatic rings. The van der Waals surface area contributed by atoms with E-state index in [0.717, 1.165) is 6.07 Å². The van der Waals surface area contributed by atoms with Crippen molar-refractivity contribution in [3.8, 4) is 0 Å². The van der Waals surface area contributed by atoms with Crippen LogP contribution in [0.5, 0.6) is 0 Å². The maximum Gasteiger partial charge on any atom is 0.417 e. The minimum atomic E-state index is -5.30. The molecule has 0 aliphatic carbocycles. The van der Waals surface area contributed by atoms with E-state index >= 15 is 0 Å². The number of hydrogen-bond acceptors (Lipinski definition) is 1. The van der Waals surface area contributed by atoms with Crippen LogP contribution in [0, 0.1) is 6.07 Å². The van der Waals surface area contributed by atoms with Gasteiger partial charge in [-0.15, -0.1) is 0 Å². The Hall–Kier alpha value is -2.25. The minimum absolute atomic E-state index is 0.171. The molecule has 24 heavy (non-hydrogen) atoms. The van der Waals surface area contributed by atoms with Crippen molar-refractivity contribution >= 4 is 11.5 Å². The number of alkyl halides is 6. The predicted molar refractivity (Wildman–Crippen MR) is 74.7 cm³/mol. The monoisotopic (exact) mass is 348 g/mol. The van der Waals surface area contributed by atoms with Crippen LogP contribution in [0.15, 0.2) is 30.9 Å². The fraction of sp³-hybridized carbons (Fsp3) is 0.312. The lowest BCUT2D eigenvalue weighted by Gasteiger charge is -2.26. The van der Waals surface area contributed by atoms with E-state index in [0.29, 0.717) is 12.5 Å². The summed E-state index contributed by atoms with van der Waals surface area (Å²) < 4.78 is 78.4. The van der Waals surface area contributed by atoms with Crippen LogP contribution >= 0.6 is 0 Å². The Balaban J connectivity index is 2.51. The molecule has 0 saturated heterocycles. The number of nitrogens with zero attached hydrogens (tertiary/aromatic N) is 1. The second kappa shape index (κ2) is 6.33. The Morgan fingerprint density at radius 2 is 1.79 bits per heavy atom. The van der Waals surface area contributed by atoms with Crippen molar-refractivity contribution in [2.45, 2.75) is 18.8 Å². The van der Waals surface area contributed by atoms with E-state index in [9.17, 15) is 31.1 Å². The van der Waals surface area contributed by atoms with Gasteiger partial charge in [-0.1, -0.05) is 30.9 Å². The van der Waals surface area contributed by atoms with Crippen LogP contribution in [-0.2, 0) is 17.1 Å². The van der Waals surface area contributed by atoms with Crippen molar-refractivity contribution in [1.82, 2.24) is 4.90 Å². The fourth-order valence-electron chi connectivity index (χ4n) is 2.40. The highest BCUT2D eigenvalue weighted by Gasteiger charge is 2.45. The number of hydrogen-bond donors (Lipinski definition) is 0. The molecule has 129 valence electrons. The van der Waals surface area contributed by atoms with E-state index in [2.05, 4.69) is 6.58 Å². The van der Waals surface area contributed by atoms with E-state index in [1.165, 1.54) is 4.90 Å². The number of rotatable bonds is 2. The zero-order valence-electron chi connectivity index (χ0n) is 12.3. The molecule has 0 N–H and O–H groups in total. The molecular weight excluding hydrogens is 336 g/mol. The molecule has 1 aromatic carbocycles. The average molecular weight is 348 g/mol. The zero-order valence-corrected chi connectivity index (χ0v) is 12.3. The van der Waals surface area contributed by atoms with E-state index in [4.69, 9.17) is 0 Å². The summed E-state index contributed by atoms with van der Waals surface area (Å²) in [4.78, 5) is 13.5. The Bertz CT molecular complexity index is 687. The van der Waals surface area contributed by atoms with Gasteiger partial charge in [-0.2, -0.15) is 26.3 Å². The lowest BCUT2D eigenvalue weighted by Crippen LogP contribution is -2.34. The molecule has 1 radical (unpaired) electrons. The normalized spacial score (nSPS) is 15.5. The number of halogens is 6. The third-order valence-corrected chi connectivity index (χ3v) is 3.49. The van der Waals surface area contributed by atoms with Gasteiger partial charge in [0, 0.05) is 18.7 Å². The van der Waals surface area contributed by atoms with Gasteiger partial charge in [-0.3, -0.25) is 4.79 Å². The van der Waals surface area contributed by atoms with Gasteiger partial charge in [0.25, 0.3) is 5.91 Å². The molecule has 0 spiro atoms. The maximum absolute atomic E-state index is 13.2. The summed E-state index contributed by atoms with van der Waals surface area (Å²) in [6.45, 7) is 3.74. The van der Waals surface area contributed by atoms with Crippen LogP contribution in [0.4, 0.5) is 26.3 Å². The van der Waals surface area contributed by atoms with Crippen molar-refractivity contribution in [2.75, 3.05) is 13.1 Å². The quantitative estimate of drug-likeness (QED) is 0.443. The molecular formula is C16H12F6NO. The van der Waals surface area contributed by atoms with Crippen molar-refractivity contribution in [1.29, 1.82) is 0 Å². The molecule has 0 fully saturated rings. The van der Waals surface area contributed by atoms with Gasteiger partial charge < -0.3 is 4.90 Å². The fourth-order valence-corrected chi connectivity index (χ4v) is 2.40. The Labute approximate surface area is 134 Å². The molecule has 0 aromatic heterocycles. The van der Waals surface area contributed by atoms with Crippen molar-refractivity contribution in [3.63, 3.8) is 0 Å². The molecule has 1 amide bonds. The second-order valence-corrected chi connectivity index (χ2v) is 5.13. The highest BCUT2D eigenvalue weighted by Crippen LogP contribution is 2.43. The first-order valence-electron chi connectivity index (χ1n) is 6.86. The van der Waals surface area contributed by atoms with Crippen molar-refractivity contribution < 1.29 is 31.1 Å². The number of amides is 1. The highest BCUT2D eigenvalue weighted by molar-refractivity contribution is 6.19. The minimum Gasteiger partial charge on any atom is -0.335 e. The smallest absolute Gasteiger partial charge is 0.335 e. The highest BCUT2D eigenvalue weighted by atomic mass is 19.4. The summed E-state index contributed by atoms with van der Waals surface area (Å²) in [7, 11) is 0. The largest absolute Gasteiger partial charge is 0.417 e. The Morgan fingerprint density at radius 3 is 2.29 bits per heavy atom. The number of carbonyl (C=O) groups is 1. The first-order chi connectivity index (χ1) is 11.0. The lowest BCUT2D eigenvalue weighted by atomic mass is 9.94. The summed E-state index contributed by atoms with van der Waals surface area (Å²) in [5.74, 6) is -0.829. The van der Waals surface area contributed by atoms with Gasteiger partial charge in [0.15, 0.2) is 0 Å². The molecule has 1 aromatic rings. The molecule has 0 atom stereocenters. The number of benzene rings is 1. The van der Waals surface area contributed by atoms with Gasteiger partial charge in [-0.25, -0.2) is 0 Å². The molecule has 2 rings (SSSR count). The SMILES string of the molecule is C=C(C(=O)N1CC=CCC1)c1cc[c]c(C(F)(F)F)c1C(F)(F)F. The second-order valence-electron chi connectivity index (χ2n) is 5.13. The third kappa shape index (κ3) is 3.63. The average Bonchev–Trinajstić information content (AvgIpc) is 2.52. The summed E-state index contributed by atoms with van der Waals surface area (Å²) in [6.07, 6.45) is -6.59. The Kier molecular flexibility index (Phi) is 4.77. The van der Waals surface area contributed by atoms with E-state index in [1.54, 1.807) is 18.2 Å². The molecule has 2 nitrogen and oxygen atoms in total. The summed E-state index contributed by atoms with van der Waals surface area (Å²) in [5, 5.41) is 0. The van der Waals surface area contributed by atoms with Crippen LogP contribution in [-0.4, -0.2) is 23.9 Å². The van der Waals surface area contributed by atoms with Crippen molar-refractivity contribution in [2.24, 2.45) is 0 Å². The summed E-state index contributed by atoms with van der Waals surface area (Å²) in [5.41, 5.74) is -5.41. The van der Waals surface area contributed by atoms with Gasteiger partial charge in [0.1, 0.15) is 0 Å². The van der Waals surface area contributed by atoms with Crippen LogP contribution in [0.25, 0.3) is 5.57 Å². The van der Waals surface area contributed by atoms with Gasteiger partial charge in [0.2, 0.25) is 0 Å². The molecule has 0 saturated carbocycles. The lowest BCUT2D eigenvalue weighted by molar-refractivity contribution is -0.162. The maximum atomic E-state index is 13.2. The molecule has 0 unspecified atom stereocenters. The topological polar surface area (TPSA) is 20.3 Å². The van der Waals surface area contributed by atoms with Crippen LogP contribution in [0.3, 0.4) is 0 Å². The van der Waals surface area contributed by atoms with Crippen molar-refractivity contribution in [3.05, 3.63) is 53.6 Å². The first-order valence-corrected chi connectivity index (χ1v) is 6.86. The molecule has 1 aliphatic heterocycles. The molecule has 0 bridgehead atoms. The Morgan fingerprint density at radius 1 is 1.12 bits per heavy atom. The third-order valence-electron chi connectivity index (χ3n) is 3.49. The molecule has 8 heteroatoms. The standard InChI is InChI=1S/C16H12F6NO/c1-10(14(24)23-8-3-2-4-9-23)11-6-5-7-12(15(17,18)19)13(11)16(20,21)22/h2-3,5-6H,1,4,8-9H2. The van der Waals surface area contributed by atoms with Gasteiger partial charge >= 0.3 is 12.4 Å². The van der Waals surface area contributed by atoms with Gasteiger partial charge in [-0.05, 0) is 18.1 Å². The van der Waals surface area contributed by atoms with E-state index in [1.807, 2.05) is 0 Å². The summed E-state index contributed by atoms with van der Waals surface area (Å²) in [6, 6.07) is 3.06. The van der Waals surface area contributed by atoms with Crippen LogP contribution < -0.4 is 0 Å². The van der Waals surface area contributed by atoms with E-state index in [-0.39, 0.29) is 13.1 Å². The summed E-state index contributed by atoms with van der Waals surface area (Å²) >= 11 is 0. The van der Waals surface area contributed by atoms with Crippen LogP contribution in [0.2, 0.25) is 0 Å². The predicted octanol–water partition coefficient (Wildman–Crippen LogP) is 4.33. The van der Waals surface area contributed by atoms with Crippen LogP contribution in [0.1, 0.15) is 23.1 Å². The molecule has 1 heterocycles. The zero-order chi connectivity index (χ0) is 18.1. The number of carbonyl (C=O) groups excluding carboxylic acids is 1. The first kappa shape index (κ1) is 18.1.